The van der Waals surface area contributed by atoms with E-state index in [9.17, 15) is 4.79 Å². The molecule has 0 bridgehead atoms. The molecule has 0 radical (unpaired) electrons. The fourth-order valence-electron chi connectivity index (χ4n) is 2.92. The molecule has 1 aromatic heterocycles. The van der Waals surface area contributed by atoms with Gasteiger partial charge in [-0.25, -0.2) is 0 Å². The number of aromatic nitrogens is 3. The van der Waals surface area contributed by atoms with Crippen LogP contribution in [0.2, 0.25) is 0 Å². The number of thioether (sulfide) groups is 1. The van der Waals surface area contributed by atoms with Gasteiger partial charge in [-0.15, -0.1) is 16.8 Å². The van der Waals surface area contributed by atoms with Gasteiger partial charge in [0.25, 0.3) is 0 Å². The Hall–Kier alpha value is -3.77. The van der Waals surface area contributed by atoms with Crippen LogP contribution in [0.25, 0.3) is 0 Å². The third-order valence-corrected chi connectivity index (χ3v) is 5.39. The van der Waals surface area contributed by atoms with Gasteiger partial charge in [0.1, 0.15) is 0 Å². The Kier molecular flexibility index (Phi) is 7.89. The van der Waals surface area contributed by atoms with Gasteiger partial charge in [0.2, 0.25) is 5.91 Å². The maximum atomic E-state index is 12.3. The van der Waals surface area contributed by atoms with Crippen molar-refractivity contribution in [3.63, 3.8) is 0 Å². The second kappa shape index (κ2) is 11.0. The summed E-state index contributed by atoms with van der Waals surface area (Å²) in [5, 5.41) is 20.8. The van der Waals surface area contributed by atoms with Crippen molar-refractivity contribution < 1.29 is 14.3 Å². The topological polar surface area (TPSA) is 102 Å². The number of carbonyl (C=O) groups is 1. The maximum absolute atomic E-state index is 12.3. The Morgan fingerprint density at radius 1 is 1.25 bits per heavy atom. The number of nitrogens with one attached hydrogen (secondary N) is 1. The molecule has 0 saturated heterocycles. The van der Waals surface area contributed by atoms with Gasteiger partial charge in [-0.1, -0.05) is 30.0 Å². The molecule has 1 unspecified atom stereocenters. The maximum Gasteiger partial charge on any atom is 0.234 e. The van der Waals surface area contributed by atoms with Crippen LogP contribution in [0.4, 0.5) is 5.69 Å². The van der Waals surface area contributed by atoms with E-state index in [2.05, 4.69) is 22.1 Å². The van der Waals surface area contributed by atoms with E-state index in [-0.39, 0.29) is 11.7 Å². The average molecular weight is 450 g/mol. The Bertz CT molecular complexity index is 1120. The molecule has 9 heteroatoms. The fraction of sp³-hybridized carbons (Fsp3) is 0.217. The molecule has 0 aliphatic heterocycles. The number of hydrogen-bond donors (Lipinski definition) is 1. The van der Waals surface area contributed by atoms with Crippen LogP contribution in [0, 0.1) is 11.3 Å². The summed E-state index contributed by atoms with van der Waals surface area (Å²) in [6.45, 7) is 6.16. The Morgan fingerprint density at radius 2 is 1.97 bits per heavy atom. The highest BCUT2D eigenvalue weighted by Gasteiger charge is 2.20. The first kappa shape index (κ1) is 22.9. The van der Waals surface area contributed by atoms with Crippen LogP contribution in [0.1, 0.15) is 24.4 Å². The lowest BCUT2D eigenvalue weighted by atomic mass is 10.2. The monoisotopic (exact) mass is 449 g/mol. The number of nitrogens with zero attached hydrogens (tertiary/aromatic N) is 4. The van der Waals surface area contributed by atoms with Crippen molar-refractivity contribution in [3.8, 4) is 17.6 Å². The molecule has 0 aliphatic rings. The third-order valence-electron chi connectivity index (χ3n) is 4.42. The normalized spacial score (nSPS) is 11.3. The van der Waals surface area contributed by atoms with Gasteiger partial charge >= 0.3 is 0 Å². The first-order valence-electron chi connectivity index (χ1n) is 9.82. The predicted octanol–water partition coefficient (Wildman–Crippen LogP) is 4.22. The van der Waals surface area contributed by atoms with Gasteiger partial charge in [-0.05, 0) is 43.3 Å². The smallest absolute Gasteiger partial charge is 0.234 e. The number of benzene rings is 2. The average Bonchev–Trinajstić information content (AvgIpc) is 3.21. The molecule has 32 heavy (non-hydrogen) atoms. The quantitative estimate of drug-likeness (QED) is 0.365. The van der Waals surface area contributed by atoms with Gasteiger partial charge in [-0.3, -0.25) is 9.36 Å². The molecule has 2 aromatic carbocycles. The molecule has 0 spiro atoms. The van der Waals surface area contributed by atoms with Crippen molar-refractivity contribution in [3.05, 3.63) is 72.6 Å². The summed E-state index contributed by atoms with van der Waals surface area (Å²) in [5.74, 6) is 1.81. The number of anilines is 1. The molecule has 0 aliphatic carbocycles. The fourth-order valence-corrected chi connectivity index (χ4v) is 3.68. The number of hydrogen-bond acceptors (Lipinski definition) is 7. The summed E-state index contributed by atoms with van der Waals surface area (Å²) in [5.41, 5.74) is 1.16. The number of amides is 1. The molecule has 0 fully saturated rings. The standard InChI is InChI=1S/C23H23N5O3S/c1-4-13-28-22(16(2)31-20-8-6-5-7-19(20)30-3)26-27-23(28)32-15-21(29)25-18-11-9-17(14-24)10-12-18/h4-12,16H,1,13,15H2,2-3H3,(H,25,29). The van der Waals surface area contributed by atoms with Gasteiger partial charge in [0.05, 0.1) is 24.5 Å². The zero-order chi connectivity index (χ0) is 22.9. The molecular formula is C23H23N5O3S. The second-order valence-corrected chi connectivity index (χ2v) is 7.62. The highest BCUT2D eigenvalue weighted by Crippen LogP contribution is 2.31. The minimum atomic E-state index is -0.402. The van der Waals surface area contributed by atoms with Crippen molar-refractivity contribution in [2.45, 2.75) is 24.7 Å². The van der Waals surface area contributed by atoms with Crippen LogP contribution in [-0.4, -0.2) is 33.5 Å². The lowest BCUT2D eigenvalue weighted by molar-refractivity contribution is -0.113. The van der Waals surface area contributed by atoms with Crippen LogP contribution in [0.5, 0.6) is 11.5 Å². The van der Waals surface area contributed by atoms with E-state index >= 15 is 0 Å². The van der Waals surface area contributed by atoms with Crippen LogP contribution in [0.15, 0.2) is 66.3 Å². The van der Waals surface area contributed by atoms with Crippen LogP contribution < -0.4 is 14.8 Å². The molecule has 3 aromatic rings. The van der Waals surface area contributed by atoms with E-state index in [4.69, 9.17) is 14.7 Å². The summed E-state index contributed by atoms with van der Waals surface area (Å²) in [4.78, 5) is 12.3. The highest BCUT2D eigenvalue weighted by atomic mass is 32.2. The zero-order valence-corrected chi connectivity index (χ0v) is 18.6. The van der Waals surface area contributed by atoms with E-state index in [1.807, 2.05) is 41.8 Å². The molecule has 0 saturated carbocycles. The van der Waals surface area contributed by atoms with Crippen molar-refractivity contribution in [1.82, 2.24) is 14.8 Å². The summed E-state index contributed by atoms with van der Waals surface area (Å²) in [6.07, 6.45) is 1.34. The predicted molar refractivity (Wildman–Crippen MR) is 123 cm³/mol. The highest BCUT2D eigenvalue weighted by molar-refractivity contribution is 7.99. The van der Waals surface area contributed by atoms with E-state index in [0.717, 1.165) is 0 Å². The van der Waals surface area contributed by atoms with Crippen molar-refractivity contribution in [1.29, 1.82) is 5.26 Å². The molecule has 1 heterocycles. The summed E-state index contributed by atoms with van der Waals surface area (Å²) in [7, 11) is 1.59. The van der Waals surface area contributed by atoms with Crippen LogP contribution in [-0.2, 0) is 11.3 Å². The number of ether oxygens (including phenoxy) is 2. The molecule has 164 valence electrons. The lowest BCUT2D eigenvalue weighted by Gasteiger charge is -2.17. The SMILES string of the molecule is C=CCn1c(SCC(=O)Nc2ccc(C#N)cc2)nnc1C(C)Oc1ccccc1OC. The van der Waals surface area contributed by atoms with Crippen LogP contribution in [0.3, 0.4) is 0 Å². The Balaban J connectivity index is 1.67. The summed E-state index contributed by atoms with van der Waals surface area (Å²) >= 11 is 1.27. The Labute approximate surface area is 190 Å². The van der Waals surface area contributed by atoms with Crippen molar-refractivity contribution in [2.24, 2.45) is 0 Å². The first-order chi connectivity index (χ1) is 15.5. The largest absolute Gasteiger partial charge is 0.493 e. The van der Waals surface area contributed by atoms with E-state index in [1.54, 1.807) is 37.5 Å². The Morgan fingerprint density at radius 3 is 2.62 bits per heavy atom. The molecule has 1 N–H and O–H groups in total. The first-order valence-corrected chi connectivity index (χ1v) is 10.8. The molecular weight excluding hydrogens is 426 g/mol. The molecule has 1 amide bonds. The van der Waals surface area contributed by atoms with Gasteiger partial charge < -0.3 is 14.8 Å². The van der Waals surface area contributed by atoms with Gasteiger partial charge in [0, 0.05) is 12.2 Å². The van der Waals surface area contributed by atoms with Crippen LogP contribution >= 0.6 is 11.8 Å². The number of allylic oxidation sites excluding steroid dienone is 1. The second-order valence-electron chi connectivity index (χ2n) is 6.68. The van der Waals surface area contributed by atoms with E-state index < -0.39 is 6.10 Å². The minimum Gasteiger partial charge on any atom is -0.493 e. The lowest BCUT2D eigenvalue weighted by Crippen LogP contribution is -2.15. The van der Waals surface area contributed by atoms with Crippen molar-refractivity contribution >= 4 is 23.4 Å². The van der Waals surface area contributed by atoms with E-state index in [1.165, 1.54) is 11.8 Å². The summed E-state index contributed by atoms with van der Waals surface area (Å²) in [6, 6.07) is 16.1. The van der Waals surface area contributed by atoms with Gasteiger partial charge in [-0.2, -0.15) is 5.26 Å². The van der Waals surface area contributed by atoms with Crippen molar-refractivity contribution in [2.75, 3.05) is 18.2 Å². The third kappa shape index (κ3) is 5.68. The van der Waals surface area contributed by atoms with E-state index in [0.29, 0.717) is 40.3 Å². The summed E-state index contributed by atoms with van der Waals surface area (Å²) < 4.78 is 13.3. The molecule has 3 rings (SSSR count). The minimum absolute atomic E-state index is 0.150. The number of rotatable bonds is 10. The zero-order valence-electron chi connectivity index (χ0n) is 17.8. The van der Waals surface area contributed by atoms with Gasteiger partial charge in [0.15, 0.2) is 28.6 Å². The number of nitriles is 1. The molecule has 8 nitrogen and oxygen atoms in total. The number of methoxy groups -OCH3 is 1. The molecule has 1 atom stereocenters. The number of carbonyl (C=O) groups excluding carboxylic acids is 1. The number of para-hydroxylation sites is 2.